The van der Waals surface area contributed by atoms with Crippen LogP contribution in [0.5, 0.6) is 0 Å². The SMILES string of the molecule is CCc1cn[nH]c1NC(=O)c1cccc(Br)n1. The number of carbonyl (C=O) groups is 1. The lowest BCUT2D eigenvalue weighted by Gasteiger charge is -2.04. The topological polar surface area (TPSA) is 70.7 Å². The van der Waals surface area contributed by atoms with E-state index in [9.17, 15) is 4.79 Å². The second-order valence-electron chi connectivity index (χ2n) is 3.42. The maximum Gasteiger partial charge on any atom is 0.275 e. The van der Waals surface area contributed by atoms with E-state index in [1.54, 1.807) is 24.4 Å². The van der Waals surface area contributed by atoms with Crippen molar-refractivity contribution in [2.24, 2.45) is 0 Å². The van der Waals surface area contributed by atoms with Crippen molar-refractivity contribution in [2.45, 2.75) is 13.3 Å². The van der Waals surface area contributed by atoms with E-state index in [0.717, 1.165) is 12.0 Å². The van der Waals surface area contributed by atoms with Crippen molar-refractivity contribution in [3.63, 3.8) is 0 Å². The van der Waals surface area contributed by atoms with E-state index in [-0.39, 0.29) is 5.91 Å². The molecule has 0 aliphatic rings. The van der Waals surface area contributed by atoms with Crippen LogP contribution in [0.15, 0.2) is 29.0 Å². The summed E-state index contributed by atoms with van der Waals surface area (Å²) in [6.07, 6.45) is 2.50. The van der Waals surface area contributed by atoms with Gasteiger partial charge in [0.25, 0.3) is 5.91 Å². The molecule has 0 unspecified atom stereocenters. The maximum atomic E-state index is 11.9. The van der Waals surface area contributed by atoms with E-state index in [1.165, 1.54) is 0 Å². The van der Waals surface area contributed by atoms with Crippen LogP contribution in [0.3, 0.4) is 0 Å². The average Bonchev–Trinajstić information content (AvgIpc) is 2.76. The van der Waals surface area contributed by atoms with Crippen LogP contribution in [0, 0.1) is 0 Å². The number of pyridine rings is 1. The summed E-state index contributed by atoms with van der Waals surface area (Å²) >= 11 is 3.23. The summed E-state index contributed by atoms with van der Waals surface area (Å²) in [4.78, 5) is 16.0. The van der Waals surface area contributed by atoms with Crippen molar-refractivity contribution >= 4 is 27.7 Å². The fourth-order valence-electron chi connectivity index (χ4n) is 1.40. The molecule has 2 heterocycles. The number of carbonyl (C=O) groups excluding carboxylic acids is 1. The number of H-pyrrole nitrogens is 1. The Hall–Kier alpha value is -1.69. The zero-order valence-corrected chi connectivity index (χ0v) is 10.8. The summed E-state index contributed by atoms with van der Waals surface area (Å²) in [5.41, 5.74) is 1.32. The number of amides is 1. The van der Waals surface area contributed by atoms with Crippen molar-refractivity contribution in [1.29, 1.82) is 0 Å². The van der Waals surface area contributed by atoms with Gasteiger partial charge < -0.3 is 5.32 Å². The highest BCUT2D eigenvalue weighted by molar-refractivity contribution is 9.10. The van der Waals surface area contributed by atoms with Crippen LogP contribution in [0.2, 0.25) is 0 Å². The van der Waals surface area contributed by atoms with Gasteiger partial charge in [-0.3, -0.25) is 9.89 Å². The van der Waals surface area contributed by atoms with Crippen molar-refractivity contribution in [3.8, 4) is 0 Å². The minimum atomic E-state index is -0.259. The fourth-order valence-corrected chi connectivity index (χ4v) is 1.74. The average molecular weight is 295 g/mol. The van der Waals surface area contributed by atoms with E-state index in [0.29, 0.717) is 16.1 Å². The number of anilines is 1. The third-order valence-electron chi connectivity index (χ3n) is 2.29. The quantitative estimate of drug-likeness (QED) is 0.854. The summed E-state index contributed by atoms with van der Waals surface area (Å²) in [7, 11) is 0. The minimum Gasteiger partial charge on any atom is -0.305 e. The highest BCUT2D eigenvalue weighted by atomic mass is 79.9. The monoisotopic (exact) mass is 294 g/mol. The Morgan fingerprint density at radius 1 is 1.53 bits per heavy atom. The lowest BCUT2D eigenvalue weighted by molar-refractivity contribution is 0.102. The second-order valence-corrected chi connectivity index (χ2v) is 4.24. The first kappa shape index (κ1) is 11.8. The van der Waals surface area contributed by atoms with E-state index in [2.05, 4.69) is 36.4 Å². The molecule has 0 fully saturated rings. The van der Waals surface area contributed by atoms with Crippen LogP contribution >= 0.6 is 15.9 Å². The molecule has 2 rings (SSSR count). The summed E-state index contributed by atoms with van der Waals surface area (Å²) in [5.74, 6) is 0.365. The van der Waals surface area contributed by atoms with Crippen LogP contribution in [-0.2, 0) is 6.42 Å². The highest BCUT2D eigenvalue weighted by Gasteiger charge is 2.11. The molecule has 0 aromatic carbocycles. The molecule has 0 aliphatic heterocycles. The Morgan fingerprint density at radius 2 is 2.35 bits per heavy atom. The van der Waals surface area contributed by atoms with E-state index in [1.807, 2.05) is 6.92 Å². The van der Waals surface area contributed by atoms with Crippen molar-refractivity contribution < 1.29 is 4.79 Å². The van der Waals surface area contributed by atoms with Crippen LogP contribution in [0.1, 0.15) is 23.0 Å². The first-order valence-electron chi connectivity index (χ1n) is 5.17. The Kier molecular flexibility index (Phi) is 3.53. The lowest BCUT2D eigenvalue weighted by atomic mass is 10.2. The van der Waals surface area contributed by atoms with Crippen molar-refractivity contribution in [2.75, 3.05) is 5.32 Å². The summed E-state index contributed by atoms with van der Waals surface area (Å²) in [6.45, 7) is 2.00. The Bertz CT molecular complexity index is 538. The number of nitrogens with one attached hydrogen (secondary N) is 2. The molecule has 6 heteroatoms. The number of rotatable bonds is 3. The largest absolute Gasteiger partial charge is 0.305 e. The normalized spacial score (nSPS) is 10.2. The maximum absolute atomic E-state index is 11.9. The Morgan fingerprint density at radius 3 is 3.06 bits per heavy atom. The third-order valence-corrected chi connectivity index (χ3v) is 2.73. The van der Waals surface area contributed by atoms with Gasteiger partial charge in [-0.05, 0) is 34.5 Å². The molecular formula is C11H11BrN4O. The van der Waals surface area contributed by atoms with Crippen LogP contribution < -0.4 is 5.32 Å². The predicted octanol–water partition coefficient (Wildman–Crippen LogP) is 2.38. The van der Waals surface area contributed by atoms with Crippen LogP contribution in [-0.4, -0.2) is 21.1 Å². The minimum absolute atomic E-state index is 0.259. The van der Waals surface area contributed by atoms with Crippen molar-refractivity contribution in [3.05, 3.63) is 40.3 Å². The number of hydrogen-bond acceptors (Lipinski definition) is 3. The second kappa shape index (κ2) is 5.09. The zero-order chi connectivity index (χ0) is 12.3. The summed E-state index contributed by atoms with van der Waals surface area (Å²) in [5, 5.41) is 9.38. The van der Waals surface area contributed by atoms with Crippen LogP contribution in [0.4, 0.5) is 5.82 Å². The van der Waals surface area contributed by atoms with E-state index in [4.69, 9.17) is 0 Å². The number of aromatic nitrogens is 3. The molecule has 2 N–H and O–H groups in total. The number of aromatic amines is 1. The third kappa shape index (κ3) is 2.71. The number of halogens is 1. The molecular weight excluding hydrogens is 284 g/mol. The van der Waals surface area contributed by atoms with Gasteiger partial charge >= 0.3 is 0 Å². The molecule has 17 heavy (non-hydrogen) atoms. The number of aryl methyl sites for hydroxylation is 1. The molecule has 0 radical (unpaired) electrons. The molecule has 2 aromatic rings. The molecule has 0 saturated carbocycles. The van der Waals surface area contributed by atoms with Gasteiger partial charge in [0.2, 0.25) is 0 Å². The standard InChI is InChI=1S/C11H11BrN4O/c1-2-7-6-13-16-10(7)15-11(17)8-4-3-5-9(12)14-8/h3-6H,2H2,1H3,(H2,13,15,16,17). The zero-order valence-electron chi connectivity index (χ0n) is 9.20. The van der Waals surface area contributed by atoms with Gasteiger partial charge in [-0.25, -0.2) is 4.98 Å². The van der Waals surface area contributed by atoms with Gasteiger partial charge in [-0.1, -0.05) is 13.0 Å². The van der Waals surface area contributed by atoms with Gasteiger partial charge in [0.1, 0.15) is 16.1 Å². The molecule has 2 aromatic heterocycles. The Labute approximate surface area is 107 Å². The molecule has 88 valence electrons. The summed E-state index contributed by atoms with van der Waals surface area (Å²) in [6, 6.07) is 5.19. The molecule has 0 spiro atoms. The summed E-state index contributed by atoms with van der Waals surface area (Å²) < 4.78 is 0.630. The molecule has 0 atom stereocenters. The molecule has 0 bridgehead atoms. The van der Waals surface area contributed by atoms with Gasteiger partial charge in [-0.2, -0.15) is 5.10 Å². The molecule has 5 nitrogen and oxygen atoms in total. The van der Waals surface area contributed by atoms with Gasteiger partial charge in [-0.15, -0.1) is 0 Å². The molecule has 0 aliphatic carbocycles. The van der Waals surface area contributed by atoms with Crippen LogP contribution in [0.25, 0.3) is 0 Å². The predicted molar refractivity (Wildman–Crippen MR) is 67.9 cm³/mol. The first-order valence-corrected chi connectivity index (χ1v) is 5.96. The lowest BCUT2D eigenvalue weighted by Crippen LogP contribution is -2.14. The first-order chi connectivity index (χ1) is 8.20. The van der Waals surface area contributed by atoms with Gasteiger partial charge in [0.05, 0.1) is 6.20 Å². The highest BCUT2D eigenvalue weighted by Crippen LogP contribution is 2.13. The van der Waals surface area contributed by atoms with E-state index >= 15 is 0 Å². The van der Waals surface area contributed by atoms with Gasteiger partial charge in [0.15, 0.2) is 0 Å². The smallest absolute Gasteiger partial charge is 0.275 e. The Balaban J connectivity index is 2.17. The number of nitrogens with zero attached hydrogens (tertiary/aromatic N) is 2. The molecule has 1 amide bonds. The van der Waals surface area contributed by atoms with E-state index < -0.39 is 0 Å². The fraction of sp³-hybridized carbons (Fsp3) is 0.182. The van der Waals surface area contributed by atoms with Gasteiger partial charge in [0, 0.05) is 5.56 Å². The van der Waals surface area contributed by atoms with Crippen molar-refractivity contribution in [1.82, 2.24) is 15.2 Å². The number of hydrogen-bond donors (Lipinski definition) is 2. The molecule has 0 saturated heterocycles.